The van der Waals surface area contributed by atoms with Crippen molar-refractivity contribution in [1.29, 1.82) is 0 Å². The molecule has 0 fully saturated rings. The molecule has 3 aromatic carbocycles. The van der Waals surface area contributed by atoms with Gasteiger partial charge in [-0.05, 0) is 22.7 Å². The Balaban J connectivity index is 1.94. The van der Waals surface area contributed by atoms with Crippen LogP contribution in [0, 0.1) is 0 Å². The van der Waals surface area contributed by atoms with Gasteiger partial charge in [-0.1, -0.05) is 78.9 Å². The average Bonchev–Trinajstić information content (AvgIpc) is 2.58. The molecule has 0 spiro atoms. The monoisotopic (exact) mass is 306 g/mol. The number of carbonyl (C=O) groups excluding carboxylic acids is 1. The van der Waals surface area contributed by atoms with Gasteiger partial charge in [-0.2, -0.15) is 0 Å². The summed E-state index contributed by atoms with van der Waals surface area (Å²) in [6, 6.07) is 28.8. The summed E-state index contributed by atoms with van der Waals surface area (Å²) in [5, 5.41) is 1.98. The molecule has 0 radical (unpaired) electrons. The van der Waals surface area contributed by atoms with Gasteiger partial charge in [-0.15, -0.1) is 0 Å². The lowest BCUT2D eigenvalue weighted by Crippen LogP contribution is -2.20. The molecule has 108 valence electrons. The van der Waals surface area contributed by atoms with Crippen LogP contribution in [-0.2, 0) is 0 Å². The van der Waals surface area contributed by atoms with Crippen molar-refractivity contribution >= 4 is 24.2 Å². The highest BCUT2D eigenvalue weighted by atomic mass is 31.1. The first-order valence-corrected chi connectivity index (χ1v) is 8.36. The minimum atomic E-state index is -1.20. The van der Waals surface area contributed by atoms with Crippen LogP contribution in [0.25, 0.3) is 0 Å². The van der Waals surface area contributed by atoms with E-state index in [1.54, 1.807) is 12.1 Å². The standard InChI is InChI=1S/C19H15O2P/c20-19(21-16-10-4-1-5-11-16)22(17-12-6-2-7-13-17)18-14-8-3-9-15-18/h1-15H. The summed E-state index contributed by atoms with van der Waals surface area (Å²) in [6.07, 6.45) is 0. The molecule has 0 saturated carbocycles. The zero-order chi connectivity index (χ0) is 15.2. The van der Waals surface area contributed by atoms with Crippen LogP contribution in [0.2, 0.25) is 0 Å². The third-order valence-corrected chi connectivity index (χ3v) is 5.25. The molecule has 0 heterocycles. The summed E-state index contributed by atoms with van der Waals surface area (Å²) >= 11 is 0. The molecule has 0 aliphatic carbocycles. The molecule has 0 saturated heterocycles. The summed E-state index contributed by atoms with van der Waals surface area (Å²) < 4.78 is 5.58. The second kappa shape index (κ2) is 7.02. The number of hydrogen-bond acceptors (Lipinski definition) is 2. The number of carbonyl (C=O) groups is 1. The molecule has 0 atom stereocenters. The first-order valence-electron chi connectivity index (χ1n) is 7.02. The molecule has 22 heavy (non-hydrogen) atoms. The lowest BCUT2D eigenvalue weighted by Gasteiger charge is -2.16. The van der Waals surface area contributed by atoms with Crippen molar-refractivity contribution < 1.29 is 9.53 Å². The maximum Gasteiger partial charge on any atom is 0.340 e. The molecule has 0 aliphatic rings. The molecular formula is C19H15O2P. The maximum atomic E-state index is 12.7. The van der Waals surface area contributed by atoms with Crippen molar-refractivity contribution in [3.63, 3.8) is 0 Å². The highest BCUT2D eigenvalue weighted by molar-refractivity contribution is 7.87. The van der Waals surface area contributed by atoms with Crippen LogP contribution in [0.4, 0.5) is 4.79 Å². The quantitative estimate of drug-likeness (QED) is 0.671. The number of rotatable bonds is 4. The molecule has 3 rings (SSSR count). The number of benzene rings is 3. The molecule has 2 nitrogen and oxygen atoms in total. The fourth-order valence-electron chi connectivity index (χ4n) is 2.15. The summed E-state index contributed by atoms with van der Waals surface area (Å²) in [6.45, 7) is 0. The predicted octanol–water partition coefficient (Wildman–Crippen LogP) is 4.32. The Bertz CT molecular complexity index is 688. The first-order chi connectivity index (χ1) is 10.8. The average molecular weight is 306 g/mol. The largest absolute Gasteiger partial charge is 0.423 e. The molecule has 3 heteroatoms. The van der Waals surface area contributed by atoms with Crippen LogP contribution in [0.15, 0.2) is 91.0 Å². The van der Waals surface area contributed by atoms with Gasteiger partial charge in [0.25, 0.3) is 0 Å². The Morgan fingerprint density at radius 1 is 0.636 bits per heavy atom. The van der Waals surface area contributed by atoms with Crippen molar-refractivity contribution in [2.75, 3.05) is 0 Å². The van der Waals surface area contributed by atoms with Crippen molar-refractivity contribution in [3.8, 4) is 5.75 Å². The van der Waals surface area contributed by atoms with E-state index in [2.05, 4.69) is 0 Å². The van der Waals surface area contributed by atoms with Crippen LogP contribution in [0.1, 0.15) is 0 Å². The molecule has 0 aromatic heterocycles. The molecule has 0 amide bonds. The van der Waals surface area contributed by atoms with E-state index in [0.29, 0.717) is 5.75 Å². The smallest absolute Gasteiger partial charge is 0.340 e. The van der Waals surface area contributed by atoms with E-state index in [4.69, 9.17) is 4.74 Å². The van der Waals surface area contributed by atoms with E-state index >= 15 is 0 Å². The second-order valence-electron chi connectivity index (χ2n) is 4.69. The molecule has 0 unspecified atom stereocenters. The van der Waals surface area contributed by atoms with Crippen molar-refractivity contribution in [3.05, 3.63) is 91.0 Å². The van der Waals surface area contributed by atoms with E-state index in [1.165, 1.54) is 0 Å². The summed E-state index contributed by atoms with van der Waals surface area (Å²) in [5.41, 5.74) is -0.210. The Morgan fingerprint density at radius 2 is 1.05 bits per heavy atom. The Morgan fingerprint density at radius 3 is 1.50 bits per heavy atom. The second-order valence-corrected chi connectivity index (χ2v) is 6.76. The molecule has 3 aromatic rings. The predicted molar refractivity (Wildman–Crippen MR) is 91.5 cm³/mol. The summed E-state index contributed by atoms with van der Waals surface area (Å²) in [4.78, 5) is 12.7. The van der Waals surface area contributed by atoms with Crippen molar-refractivity contribution in [1.82, 2.24) is 0 Å². The summed E-state index contributed by atoms with van der Waals surface area (Å²) in [7, 11) is -1.20. The molecule has 0 N–H and O–H groups in total. The Kier molecular flexibility index (Phi) is 4.62. The van der Waals surface area contributed by atoms with Gasteiger partial charge in [-0.3, -0.25) is 0 Å². The lowest BCUT2D eigenvalue weighted by atomic mass is 10.3. The van der Waals surface area contributed by atoms with E-state index < -0.39 is 7.92 Å². The highest BCUT2D eigenvalue weighted by Gasteiger charge is 2.24. The van der Waals surface area contributed by atoms with Gasteiger partial charge in [0.05, 0.1) is 7.92 Å². The third kappa shape index (κ3) is 3.41. The molecule has 0 bridgehead atoms. The van der Waals surface area contributed by atoms with Crippen molar-refractivity contribution in [2.24, 2.45) is 0 Å². The zero-order valence-corrected chi connectivity index (χ0v) is 12.8. The van der Waals surface area contributed by atoms with Crippen molar-refractivity contribution in [2.45, 2.75) is 0 Å². The van der Waals surface area contributed by atoms with E-state index in [0.717, 1.165) is 10.6 Å². The number of ether oxygens (including phenoxy) is 1. The van der Waals surface area contributed by atoms with E-state index in [-0.39, 0.29) is 5.71 Å². The fourth-order valence-corrected chi connectivity index (χ4v) is 4.01. The van der Waals surface area contributed by atoms with Crippen LogP contribution in [-0.4, -0.2) is 5.71 Å². The highest BCUT2D eigenvalue weighted by Crippen LogP contribution is 2.36. The normalized spacial score (nSPS) is 10.4. The Labute approximate surface area is 131 Å². The fraction of sp³-hybridized carbons (Fsp3) is 0. The maximum absolute atomic E-state index is 12.7. The van der Waals surface area contributed by atoms with Gasteiger partial charge in [0.1, 0.15) is 5.75 Å². The van der Waals surface area contributed by atoms with Gasteiger partial charge in [0, 0.05) is 0 Å². The third-order valence-electron chi connectivity index (χ3n) is 3.16. The van der Waals surface area contributed by atoms with Gasteiger partial charge in [0.15, 0.2) is 0 Å². The van der Waals surface area contributed by atoms with Crippen LogP contribution < -0.4 is 15.3 Å². The Hall–Kier alpha value is -2.44. The van der Waals surface area contributed by atoms with Gasteiger partial charge in [0.2, 0.25) is 0 Å². The van der Waals surface area contributed by atoms with Gasteiger partial charge < -0.3 is 4.74 Å². The molecular weight excluding hydrogens is 291 g/mol. The summed E-state index contributed by atoms with van der Waals surface area (Å²) in [5.74, 6) is 0.576. The number of para-hydroxylation sites is 1. The van der Waals surface area contributed by atoms with E-state index in [9.17, 15) is 4.79 Å². The van der Waals surface area contributed by atoms with Crippen LogP contribution in [0.3, 0.4) is 0 Å². The van der Waals surface area contributed by atoms with E-state index in [1.807, 2.05) is 78.9 Å². The minimum Gasteiger partial charge on any atom is -0.423 e. The lowest BCUT2D eigenvalue weighted by molar-refractivity contribution is 0.226. The zero-order valence-electron chi connectivity index (χ0n) is 11.9. The first kappa shape index (κ1) is 14.5. The van der Waals surface area contributed by atoms with Crippen LogP contribution >= 0.6 is 7.92 Å². The molecule has 0 aliphatic heterocycles. The topological polar surface area (TPSA) is 26.3 Å². The number of hydrogen-bond donors (Lipinski definition) is 0. The van der Waals surface area contributed by atoms with Gasteiger partial charge in [-0.25, -0.2) is 4.79 Å². The SMILES string of the molecule is O=C(Oc1ccccc1)P(c1ccccc1)c1ccccc1. The minimum absolute atomic E-state index is 0.210. The van der Waals surface area contributed by atoms with Crippen LogP contribution in [0.5, 0.6) is 5.75 Å². The van der Waals surface area contributed by atoms with Gasteiger partial charge >= 0.3 is 5.71 Å².